The molecule has 4 nitrogen and oxygen atoms in total. The molecule has 1 amide bonds. The molecule has 1 aromatic carbocycles. The molecule has 128 valence electrons. The summed E-state index contributed by atoms with van der Waals surface area (Å²) in [7, 11) is 0. The lowest BCUT2D eigenvalue weighted by atomic mass is 10.1. The molecule has 3 rings (SSSR count). The first kappa shape index (κ1) is 17.0. The van der Waals surface area contributed by atoms with E-state index in [9.17, 15) is 18.0 Å². The molecule has 0 fully saturated rings. The van der Waals surface area contributed by atoms with Gasteiger partial charge in [-0.2, -0.15) is 13.2 Å². The van der Waals surface area contributed by atoms with E-state index in [1.54, 1.807) is 6.07 Å². The molecule has 0 saturated carbocycles. The third-order valence-corrected chi connectivity index (χ3v) is 4.44. The second-order valence-electron chi connectivity index (χ2n) is 5.11. The standard InChI is InChI=1S/C17H12F3N3OS/c18-17(19,20)13-7-4-8-14(22-13)23-16-11(15(21)24)9-12(25-16)10-5-2-1-3-6-10/h1-9H,(H2,21,24)(H,22,23). The third-order valence-electron chi connectivity index (χ3n) is 3.34. The Morgan fingerprint density at radius 3 is 2.44 bits per heavy atom. The van der Waals surface area contributed by atoms with E-state index in [1.165, 1.54) is 23.5 Å². The van der Waals surface area contributed by atoms with Gasteiger partial charge in [0.05, 0.1) is 5.56 Å². The van der Waals surface area contributed by atoms with Crippen LogP contribution in [-0.2, 0) is 6.18 Å². The van der Waals surface area contributed by atoms with Gasteiger partial charge in [0.2, 0.25) is 0 Å². The maximum atomic E-state index is 12.8. The van der Waals surface area contributed by atoms with E-state index in [0.717, 1.165) is 16.5 Å². The van der Waals surface area contributed by atoms with Gasteiger partial charge < -0.3 is 11.1 Å². The summed E-state index contributed by atoms with van der Waals surface area (Å²) in [6.45, 7) is 0. The van der Waals surface area contributed by atoms with Crippen molar-refractivity contribution in [3.8, 4) is 10.4 Å². The Labute approximate surface area is 145 Å². The van der Waals surface area contributed by atoms with Gasteiger partial charge in [0, 0.05) is 4.88 Å². The summed E-state index contributed by atoms with van der Waals surface area (Å²) in [5.74, 6) is -0.688. The van der Waals surface area contributed by atoms with E-state index in [2.05, 4.69) is 10.3 Å². The van der Waals surface area contributed by atoms with Crippen molar-refractivity contribution in [3.63, 3.8) is 0 Å². The van der Waals surface area contributed by atoms with Crippen LogP contribution in [0.15, 0.2) is 54.6 Å². The molecule has 0 unspecified atom stereocenters. The summed E-state index contributed by atoms with van der Waals surface area (Å²) in [6.07, 6.45) is -4.55. The van der Waals surface area contributed by atoms with Gasteiger partial charge in [-0.25, -0.2) is 4.98 Å². The first-order valence-electron chi connectivity index (χ1n) is 7.15. The predicted molar refractivity (Wildman–Crippen MR) is 90.8 cm³/mol. The largest absolute Gasteiger partial charge is 0.433 e. The minimum atomic E-state index is -4.55. The zero-order valence-corrected chi connectivity index (χ0v) is 13.5. The molecule has 3 aromatic rings. The number of hydrogen-bond acceptors (Lipinski definition) is 4. The normalized spacial score (nSPS) is 11.3. The molecule has 0 bridgehead atoms. The molecule has 2 heterocycles. The number of alkyl halides is 3. The number of rotatable bonds is 4. The maximum Gasteiger partial charge on any atom is 0.433 e. The molecule has 25 heavy (non-hydrogen) atoms. The molecule has 8 heteroatoms. The summed E-state index contributed by atoms with van der Waals surface area (Å²) < 4.78 is 38.3. The van der Waals surface area contributed by atoms with Crippen LogP contribution in [0.4, 0.5) is 24.0 Å². The third kappa shape index (κ3) is 3.80. The molecule has 0 radical (unpaired) electrons. The smallest absolute Gasteiger partial charge is 0.366 e. The van der Waals surface area contributed by atoms with E-state index >= 15 is 0 Å². The molecule has 0 aliphatic heterocycles. The fourth-order valence-electron chi connectivity index (χ4n) is 2.19. The van der Waals surface area contributed by atoms with Gasteiger partial charge in [-0.1, -0.05) is 36.4 Å². The van der Waals surface area contributed by atoms with Crippen LogP contribution in [0, 0.1) is 0 Å². The Morgan fingerprint density at radius 2 is 1.80 bits per heavy atom. The van der Waals surface area contributed by atoms with Gasteiger partial charge in [0.25, 0.3) is 5.91 Å². The highest BCUT2D eigenvalue weighted by atomic mass is 32.1. The predicted octanol–water partition coefficient (Wildman–Crippen LogP) is 4.67. The number of benzene rings is 1. The first-order chi connectivity index (χ1) is 11.8. The number of anilines is 2. The lowest BCUT2D eigenvalue weighted by molar-refractivity contribution is -0.141. The number of aromatic nitrogens is 1. The van der Waals surface area contributed by atoms with Gasteiger partial charge in [-0.15, -0.1) is 11.3 Å². The topological polar surface area (TPSA) is 68.0 Å². The van der Waals surface area contributed by atoms with Crippen molar-refractivity contribution < 1.29 is 18.0 Å². The van der Waals surface area contributed by atoms with Gasteiger partial charge in [0.15, 0.2) is 0 Å². The van der Waals surface area contributed by atoms with E-state index in [4.69, 9.17) is 5.73 Å². The number of amides is 1. The van der Waals surface area contributed by atoms with Gasteiger partial charge in [-0.3, -0.25) is 4.79 Å². The highest BCUT2D eigenvalue weighted by Gasteiger charge is 2.32. The molecule has 0 atom stereocenters. The number of primary amides is 1. The van der Waals surface area contributed by atoms with Crippen LogP contribution < -0.4 is 11.1 Å². The van der Waals surface area contributed by atoms with Crippen LogP contribution in [-0.4, -0.2) is 10.9 Å². The molecule has 0 aliphatic rings. The number of nitrogens with zero attached hydrogens (tertiary/aromatic N) is 1. The Morgan fingerprint density at radius 1 is 1.08 bits per heavy atom. The molecule has 0 spiro atoms. The zero-order chi connectivity index (χ0) is 18.0. The SMILES string of the molecule is NC(=O)c1cc(-c2ccccc2)sc1Nc1cccc(C(F)(F)F)n1. The van der Waals surface area contributed by atoms with E-state index in [0.29, 0.717) is 5.00 Å². The molecular weight excluding hydrogens is 351 g/mol. The fraction of sp³-hybridized carbons (Fsp3) is 0.0588. The van der Waals surface area contributed by atoms with Crippen LogP contribution in [0.2, 0.25) is 0 Å². The van der Waals surface area contributed by atoms with Gasteiger partial charge >= 0.3 is 6.18 Å². The summed E-state index contributed by atoms with van der Waals surface area (Å²) in [5.41, 5.74) is 5.44. The number of pyridine rings is 1. The Balaban J connectivity index is 1.97. The Kier molecular flexibility index (Phi) is 4.45. The maximum absolute atomic E-state index is 12.8. The number of carbonyl (C=O) groups is 1. The van der Waals surface area contributed by atoms with Crippen LogP contribution in [0.3, 0.4) is 0 Å². The summed E-state index contributed by atoms with van der Waals surface area (Å²) in [5, 5.41) is 3.11. The fourth-order valence-corrected chi connectivity index (χ4v) is 3.27. The van der Waals surface area contributed by atoms with Crippen molar-refractivity contribution in [2.24, 2.45) is 5.73 Å². The van der Waals surface area contributed by atoms with Crippen molar-refractivity contribution in [3.05, 3.63) is 65.9 Å². The molecular formula is C17H12F3N3OS. The quantitative estimate of drug-likeness (QED) is 0.708. The number of nitrogens with one attached hydrogen (secondary N) is 1. The van der Waals surface area contributed by atoms with E-state index in [1.807, 2.05) is 30.3 Å². The monoisotopic (exact) mass is 363 g/mol. The molecule has 3 N–H and O–H groups in total. The van der Waals surface area contributed by atoms with Crippen LogP contribution in [0.5, 0.6) is 0 Å². The summed E-state index contributed by atoms with van der Waals surface area (Å²) in [6, 6.07) is 14.4. The number of hydrogen-bond donors (Lipinski definition) is 2. The number of halogens is 3. The van der Waals surface area contributed by atoms with E-state index < -0.39 is 17.8 Å². The minimum absolute atomic E-state index is 0.0150. The van der Waals surface area contributed by atoms with Crippen LogP contribution in [0.1, 0.15) is 16.1 Å². The van der Waals surface area contributed by atoms with Crippen molar-refractivity contribution >= 4 is 28.1 Å². The number of carbonyl (C=O) groups excluding carboxylic acids is 1. The van der Waals surface area contributed by atoms with Crippen molar-refractivity contribution in [2.45, 2.75) is 6.18 Å². The van der Waals surface area contributed by atoms with Gasteiger partial charge in [-0.05, 0) is 23.8 Å². The lowest BCUT2D eigenvalue weighted by Crippen LogP contribution is -2.12. The summed E-state index contributed by atoms with van der Waals surface area (Å²) in [4.78, 5) is 16.0. The van der Waals surface area contributed by atoms with E-state index in [-0.39, 0.29) is 11.4 Å². The second kappa shape index (κ2) is 6.56. The van der Waals surface area contributed by atoms with Crippen LogP contribution >= 0.6 is 11.3 Å². The Bertz CT molecular complexity index is 907. The second-order valence-corrected chi connectivity index (χ2v) is 6.17. The number of thiophene rings is 1. The highest BCUT2D eigenvalue weighted by Crippen LogP contribution is 2.37. The lowest BCUT2D eigenvalue weighted by Gasteiger charge is -2.09. The highest BCUT2D eigenvalue weighted by molar-refractivity contribution is 7.19. The van der Waals surface area contributed by atoms with Crippen molar-refractivity contribution in [2.75, 3.05) is 5.32 Å². The minimum Gasteiger partial charge on any atom is -0.366 e. The average molecular weight is 363 g/mol. The Hall–Kier alpha value is -2.87. The average Bonchev–Trinajstić information content (AvgIpc) is 2.99. The molecule has 0 saturated heterocycles. The van der Waals surface area contributed by atoms with Crippen molar-refractivity contribution in [1.82, 2.24) is 4.98 Å². The zero-order valence-electron chi connectivity index (χ0n) is 12.7. The number of nitrogens with two attached hydrogens (primary N) is 1. The van der Waals surface area contributed by atoms with Crippen molar-refractivity contribution in [1.29, 1.82) is 0 Å². The summed E-state index contributed by atoms with van der Waals surface area (Å²) >= 11 is 1.22. The molecule has 0 aliphatic carbocycles. The van der Waals surface area contributed by atoms with Gasteiger partial charge in [0.1, 0.15) is 16.5 Å². The molecule has 2 aromatic heterocycles. The van der Waals surface area contributed by atoms with Crippen LogP contribution in [0.25, 0.3) is 10.4 Å². The first-order valence-corrected chi connectivity index (χ1v) is 7.96.